The van der Waals surface area contributed by atoms with Crippen LogP contribution in [0.25, 0.3) is 10.9 Å². The number of carbonyl (C=O) groups is 1. The molecule has 1 aliphatic rings. The maximum absolute atomic E-state index is 13.6. The Hall–Kier alpha value is -3.91. The standard InChI is InChI=1S/C31H39N5O3/c1-7-24(32-8-2)19-35-15-13-23(14-16-35)21(4)36-22(5)29(25-11-9-10-12-27(25)36)31(38)33-18-26-28(39-6)17-20(3)34-30(26)37/h7-12,17,21,23H,1-2,13-16,18-19H2,3-6H3,(H,33,38)(H,34,37)/b32-24+/t21-/m1/s1. The summed E-state index contributed by atoms with van der Waals surface area (Å²) in [6.45, 7) is 16.4. The predicted molar refractivity (Wildman–Crippen MR) is 158 cm³/mol. The summed E-state index contributed by atoms with van der Waals surface area (Å²) in [7, 11) is 1.52. The Morgan fingerprint density at radius 3 is 2.64 bits per heavy atom. The summed E-state index contributed by atoms with van der Waals surface area (Å²) >= 11 is 0. The molecule has 0 bridgehead atoms. The minimum atomic E-state index is -0.262. The fraction of sp³-hybridized carbons (Fsp3) is 0.387. The van der Waals surface area contributed by atoms with Crippen LogP contribution in [0.1, 0.15) is 53.1 Å². The lowest BCUT2D eigenvalue weighted by Gasteiger charge is -2.36. The van der Waals surface area contributed by atoms with Gasteiger partial charge in [0.15, 0.2) is 0 Å². The zero-order chi connectivity index (χ0) is 28.1. The molecule has 206 valence electrons. The highest BCUT2D eigenvalue weighted by atomic mass is 16.5. The van der Waals surface area contributed by atoms with Crippen molar-refractivity contribution in [2.45, 2.75) is 46.2 Å². The van der Waals surface area contributed by atoms with Crippen molar-refractivity contribution in [1.29, 1.82) is 0 Å². The van der Waals surface area contributed by atoms with Gasteiger partial charge in [-0.1, -0.05) is 31.4 Å². The van der Waals surface area contributed by atoms with E-state index in [0.717, 1.165) is 54.8 Å². The quantitative estimate of drug-likeness (QED) is 0.365. The lowest BCUT2D eigenvalue weighted by atomic mass is 9.89. The van der Waals surface area contributed by atoms with Gasteiger partial charge in [-0.25, -0.2) is 0 Å². The minimum Gasteiger partial charge on any atom is -0.496 e. The van der Waals surface area contributed by atoms with Crippen molar-refractivity contribution < 1.29 is 9.53 Å². The molecule has 1 atom stereocenters. The number of para-hydroxylation sites is 1. The molecule has 0 unspecified atom stereocenters. The summed E-state index contributed by atoms with van der Waals surface area (Å²) in [5.74, 6) is 0.738. The number of carbonyl (C=O) groups excluding carboxylic acids is 1. The van der Waals surface area contributed by atoms with Crippen molar-refractivity contribution >= 4 is 22.5 Å². The van der Waals surface area contributed by atoms with Gasteiger partial charge in [0.1, 0.15) is 5.75 Å². The highest BCUT2D eigenvalue weighted by molar-refractivity contribution is 6.08. The number of fused-ring (bicyclic) bond motifs is 1. The lowest BCUT2D eigenvalue weighted by Crippen LogP contribution is -2.39. The first-order chi connectivity index (χ1) is 18.8. The lowest BCUT2D eigenvalue weighted by molar-refractivity contribution is 0.0951. The van der Waals surface area contributed by atoms with Gasteiger partial charge in [-0.3, -0.25) is 19.5 Å². The van der Waals surface area contributed by atoms with E-state index in [1.54, 1.807) is 25.3 Å². The van der Waals surface area contributed by atoms with E-state index in [2.05, 4.69) is 50.9 Å². The van der Waals surface area contributed by atoms with Crippen molar-refractivity contribution in [3.8, 4) is 5.75 Å². The number of hydrogen-bond acceptors (Lipinski definition) is 5. The Kier molecular flexibility index (Phi) is 8.86. The van der Waals surface area contributed by atoms with Gasteiger partial charge in [0.2, 0.25) is 0 Å². The first-order valence-electron chi connectivity index (χ1n) is 13.5. The van der Waals surface area contributed by atoms with Crippen LogP contribution in [0.15, 0.2) is 65.6 Å². The highest BCUT2D eigenvalue weighted by Crippen LogP contribution is 2.35. The summed E-state index contributed by atoms with van der Waals surface area (Å²) in [5, 5.41) is 3.88. The summed E-state index contributed by atoms with van der Waals surface area (Å²) in [4.78, 5) is 35.6. The van der Waals surface area contributed by atoms with E-state index in [0.29, 0.717) is 28.5 Å². The van der Waals surface area contributed by atoms with Crippen molar-refractivity contribution in [2.24, 2.45) is 10.9 Å². The number of methoxy groups -OCH3 is 1. The van der Waals surface area contributed by atoms with Gasteiger partial charge >= 0.3 is 0 Å². The normalized spacial score (nSPS) is 15.7. The van der Waals surface area contributed by atoms with Gasteiger partial charge in [-0.05, 0) is 70.8 Å². The first-order valence-corrected chi connectivity index (χ1v) is 13.5. The molecule has 4 rings (SSSR count). The molecule has 39 heavy (non-hydrogen) atoms. The molecule has 0 saturated carbocycles. The number of nitrogens with zero attached hydrogens (tertiary/aromatic N) is 3. The van der Waals surface area contributed by atoms with Crippen molar-refractivity contribution in [2.75, 3.05) is 26.7 Å². The van der Waals surface area contributed by atoms with Gasteiger partial charge in [0.05, 0.1) is 30.5 Å². The van der Waals surface area contributed by atoms with Crippen LogP contribution in [0.3, 0.4) is 0 Å². The van der Waals surface area contributed by atoms with Crippen LogP contribution in [0.2, 0.25) is 0 Å². The van der Waals surface area contributed by atoms with E-state index in [9.17, 15) is 9.59 Å². The largest absolute Gasteiger partial charge is 0.496 e. The number of likely N-dealkylation sites (tertiary alicyclic amines) is 1. The predicted octanol–water partition coefficient (Wildman–Crippen LogP) is 4.93. The average molecular weight is 530 g/mol. The molecule has 0 radical (unpaired) electrons. The topological polar surface area (TPSA) is 91.7 Å². The average Bonchev–Trinajstić information content (AvgIpc) is 3.23. The molecule has 1 saturated heterocycles. The highest BCUT2D eigenvalue weighted by Gasteiger charge is 2.29. The molecule has 0 aliphatic carbocycles. The maximum Gasteiger partial charge on any atom is 0.256 e. The number of ether oxygens (including phenoxy) is 1. The summed E-state index contributed by atoms with van der Waals surface area (Å²) in [6.07, 6.45) is 5.48. The Bertz CT molecular complexity index is 1460. The van der Waals surface area contributed by atoms with Gasteiger partial charge in [0.25, 0.3) is 11.5 Å². The van der Waals surface area contributed by atoms with Gasteiger partial charge in [0, 0.05) is 41.1 Å². The molecule has 8 nitrogen and oxygen atoms in total. The van der Waals surface area contributed by atoms with Crippen LogP contribution >= 0.6 is 0 Å². The third kappa shape index (κ3) is 5.91. The fourth-order valence-corrected chi connectivity index (χ4v) is 5.80. The second-order valence-electron chi connectivity index (χ2n) is 10.2. The second-order valence-corrected chi connectivity index (χ2v) is 10.2. The Morgan fingerprint density at radius 2 is 1.97 bits per heavy atom. The maximum atomic E-state index is 13.6. The van der Waals surface area contributed by atoms with E-state index in [1.807, 2.05) is 25.1 Å². The molecule has 0 spiro atoms. The monoisotopic (exact) mass is 529 g/mol. The Labute approximate surface area is 230 Å². The van der Waals surface area contributed by atoms with Crippen LogP contribution in [0.5, 0.6) is 5.75 Å². The van der Waals surface area contributed by atoms with Crippen molar-refractivity contribution in [1.82, 2.24) is 19.8 Å². The minimum absolute atomic E-state index is 0.0758. The van der Waals surface area contributed by atoms with Crippen molar-refractivity contribution in [3.63, 3.8) is 0 Å². The molecular formula is C31H39N5O3. The van der Waals surface area contributed by atoms with E-state index in [1.165, 1.54) is 7.11 Å². The number of amides is 1. The molecule has 2 aromatic heterocycles. The number of piperidine rings is 1. The second kappa shape index (κ2) is 12.3. The fourth-order valence-electron chi connectivity index (χ4n) is 5.80. The van der Waals surface area contributed by atoms with E-state index >= 15 is 0 Å². The molecule has 1 aliphatic heterocycles. The first kappa shape index (κ1) is 28.1. The van der Waals surface area contributed by atoms with Crippen LogP contribution < -0.4 is 15.6 Å². The number of rotatable bonds is 10. The van der Waals surface area contributed by atoms with Gasteiger partial charge in [-0.15, -0.1) is 0 Å². The number of aromatic nitrogens is 2. The number of nitrogens with one attached hydrogen (secondary N) is 2. The molecule has 2 N–H and O–H groups in total. The van der Waals surface area contributed by atoms with E-state index in [-0.39, 0.29) is 24.1 Å². The van der Waals surface area contributed by atoms with Crippen LogP contribution in [-0.4, -0.2) is 52.8 Å². The summed E-state index contributed by atoms with van der Waals surface area (Å²) in [6, 6.07) is 10.0. The Balaban J connectivity index is 1.55. The number of pyridine rings is 1. The van der Waals surface area contributed by atoms with E-state index < -0.39 is 0 Å². The third-order valence-electron chi connectivity index (χ3n) is 7.86. The van der Waals surface area contributed by atoms with Gasteiger partial charge < -0.3 is 19.6 Å². The molecular weight excluding hydrogens is 490 g/mol. The van der Waals surface area contributed by atoms with Crippen LogP contribution in [-0.2, 0) is 6.54 Å². The number of benzene rings is 1. The van der Waals surface area contributed by atoms with Crippen molar-refractivity contribution in [3.05, 3.63) is 88.6 Å². The zero-order valence-electron chi connectivity index (χ0n) is 23.4. The van der Waals surface area contributed by atoms with E-state index in [4.69, 9.17) is 4.74 Å². The number of aliphatic imine (C=N–C) groups is 1. The molecule has 8 heteroatoms. The smallest absolute Gasteiger partial charge is 0.256 e. The molecule has 3 heterocycles. The SMILES string of the molecule is C=C/N=C(\C=C)CN1CCC([C@@H](C)n2c(C)c(C(=O)NCc3c(OC)cc(C)[nH]c3=O)c3ccccc32)CC1. The molecule has 1 amide bonds. The molecule has 1 fully saturated rings. The zero-order valence-corrected chi connectivity index (χ0v) is 23.4. The van der Waals surface area contributed by atoms with Crippen LogP contribution in [0.4, 0.5) is 0 Å². The van der Waals surface area contributed by atoms with Crippen LogP contribution in [0, 0.1) is 19.8 Å². The van der Waals surface area contributed by atoms with Gasteiger partial charge in [-0.2, -0.15) is 0 Å². The number of hydrogen-bond donors (Lipinski definition) is 2. The number of H-pyrrole nitrogens is 1. The molecule has 3 aromatic rings. The number of aryl methyl sites for hydroxylation is 1. The number of aromatic amines is 1. The summed E-state index contributed by atoms with van der Waals surface area (Å²) in [5.41, 5.74) is 4.40. The third-order valence-corrected chi connectivity index (χ3v) is 7.86. The Morgan fingerprint density at radius 1 is 1.26 bits per heavy atom. The molecule has 1 aromatic carbocycles. The summed E-state index contributed by atoms with van der Waals surface area (Å²) < 4.78 is 7.71.